The Hall–Kier alpha value is -3.58. The van der Waals surface area contributed by atoms with Gasteiger partial charge in [-0.3, -0.25) is 10.2 Å². The summed E-state index contributed by atoms with van der Waals surface area (Å²) >= 11 is 0. The summed E-state index contributed by atoms with van der Waals surface area (Å²) in [6.07, 6.45) is 8.02. The van der Waals surface area contributed by atoms with E-state index in [4.69, 9.17) is 16.9 Å². The van der Waals surface area contributed by atoms with Gasteiger partial charge in [0.15, 0.2) is 0 Å². The third-order valence-electron chi connectivity index (χ3n) is 6.06. The van der Waals surface area contributed by atoms with Crippen LogP contribution in [0.25, 0.3) is 10.9 Å². The van der Waals surface area contributed by atoms with E-state index >= 15 is 0 Å². The first-order valence-corrected chi connectivity index (χ1v) is 11.5. The summed E-state index contributed by atoms with van der Waals surface area (Å²) in [7, 11) is 0. The molecule has 3 aromatic rings. The lowest BCUT2D eigenvalue weighted by Gasteiger charge is -2.20. The number of allylic oxidation sites excluding steroid dienone is 1. The Labute approximate surface area is 194 Å². The molecule has 4 rings (SSSR count). The molecule has 33 heavy (non-hydrogen) atoms. The number of amidine groups is 1. The second-order valence-corrected chi connectivity index (χ2v) is 8.52. The number of nitrogens with one attached hydrogen (secondary N) is 3. The zero-order valence-electron chi connectivity index (χ0n) is 18.8. The van der Waals surface area contributed by atoms with Gasteiger partial charge < -0.3 is 26.7 Å². The first-order valence-electron chi connectivity index (χ1n) is 11.5. The van der Waals surface area contributed by atoms with E-state index in [1.807, 2.05) is 41.0 Å². The molecule has 0 saturated carbocycles. The number of benzene rings is 2. The minimum atomic E-state index is -0.0732. The lowest BCUT2D eigenvalue weighted by Crippen LogP contribution is -2.36. The SMILES string of the molecule is N=C(N)c1ccc2cc(C(=O)NC3CC=CCC3)n(Cc3ccc(NCCCN)cc3)c2c1. The fourth-order valence-corrected chi connectivity index (χ4v) is 4.21. The molecule has 0 aliphatic heterocycles. The second kappa shape index (κ2) is 10.4. The number of aromatic nitrogens is 1. The third-order valence-corrected chi connectivity index (χ3v) is 6.06. The van der Waals surface area contributed by atoms with Crippen LogP contribution in [0.3, 0.4) is 0 Å². The monoisotopic (exact) mass is 444 g/mol. The first kappa shape index (κ1) is 22.6. The quantitative estimate of drug-likeness (QED) is 0.150. The number of amides is 1. The molecule has 1 amide bonds. The molecule has 1 aliphatic rings. The van der Waals surface area contributed by atoms with Crippen LogP contribution < -0.4 is 22.1 Å². The van der Waals surface area contributed by atoms with Crippen molar-refractivity contribution in [1.82, 2.24) is 9.88 Å². The van der Waals surface area contributed by atoms with Crippen molar-refractivity contribution in [3.8, 4) is 0 Å². The van der Waals surface area contributed by atoms with Crippen molar-refractivity contribution in [1.29, 1.82) is 5.41 Å². The van der Waals surface area contributed by atoms with E-state index in [9.17, 15) is 4.79 Å². The molecular weight excluding hydrogens is 412 g/mol. The number of carbonyl (C=O) groups is 1. The van der Waals surface area contributed by atoms with Gasteiger partial charge in [0.2, 0.25) is 0 Å². The van der Waals surface area contributed by atoms with Gasteiger partial charge in [-0.2, -0.15) is 0 Å². The molecule has 0 saturated heterocycles. The minimum absolute atomic E-state index is 0.0116. The molecule has 1 aliphatic carbocycles. The highest BCUT2D eigenvalue weighted by molar-refractivity contribution is 6.02. The Bertz CT molecular complexity index is 1160. The van der Waals surface area contributed by atoms with Crippen molar-refractivity contribution >= 4 is 28.3 Å². The Morgan fingerprint density at radius 2 is 1.94 bits per heavy atom. The number of nitrogen functional groups attached to an aromatic ring is 1. The standard InChI is InChI=1S/C26H32N6O/c27-13-4-14-30-21-11-7-18(8-12-21)17-32-23-16-20(25(28)29)10-9-19(23)15-24(32)26(33)31-22-5-2-1-3-6-22/h1-2,7-12,15-16,22,30H,3-6,13-14,17,27H2,(H3,28,29)(H,31,33). The van der Waals surface area contributed by atoms with E-state index in [1.165, 1.54) is 0 Å². The van der Waals surface area contributed by atoms with Crippen molar-refractivity contribution in [3.63, 3.8) is 0 Å². The Balaban J connectivity index is 1.64. The third kappa shape index (κ3) is 5.43. The number of anilines is 1. The van der Waals surface area contributed by atoms with Gasteiger partial charge in [-0.1, -0.05) is 36.4 Å². The minimum Gasteiger partial charge on any atom is -0.385 e. The molecule has 1 unspecified atom stereocenters. The van der Waals surface area contributed by atoms with Crippen LogP contribution in [0.5, 0.6) is 0 Å². The summed E-state index contributed by atoms with van der Waals surface area (Å²) in [6.45, 7) is 2.05. The lowest BCUT2D eigenvalue weighted by atomic mass is 10.0. The van der Waals surface area contributed by atoms with E-state index < -0.39 is 0 Å². The van der Waals surface area contributed by atoms with Gasteiger partial charge in [-0.15, -0.1) is 0 Å². The Kier molecular flexibility index (Phi) is 7.10. The van der Waals surface area contributed by atoms with E-state index in [2.05, 4.69) is 34.9 Å². The van der Waals surface area contributed by atoms with Crippen LogP contribution in [0.2, 0.25) is 0 Å². The molecule has 7 nitrogen and oxygen atoms in total. The largest absolute Gasteiger partial charge is 0.385 e. The molecule has 172 valence electrons. The number of hydrogen-bond acceptors (Lipinski definition) is 4. The van der Waals surface area contributed by atoms with Crippen LogP contribution in [0.4, 0.5) is 5.69 Å². The van der Waals surface area contributed by atoms with Crippen molar-refractivity contribution < 1.29 is 4.79 Å². The van der Waals surface area contributed by atoms with Crippen molar-refractivity contribution in [2.24, 2.45) is 11.5 Å². The summed E-state index contributed by atoms with van der Waals surface area (Å²) in [5.74, 6) is -0.0616. The molecule has 0 bridgehead atoms. The number of nitrogens with zero attached hydrogens (tertiary/aromatic N) is 1. The smallest absolute Gasteiger partial charge is 0.268 e. The highest BCUT2D eigenvalue weighted by Crippen LogP contribution is 2.24. The fraction of sp³-hybridized carbons (Fsp3) is 0.308. The number of hydrogen-bond donors (Lipinski definition) is 5. The number of rotatable bonds is 9. The van der Waals surface area contributed by atoms with Gasteiger partial charge in [0, 0.05) is 41.3 Å². The molecule has 1 heterocycles. The zero-order chi connectivity index (χ0) is 23.2. The average molecular weight is 445 g/mol. The Morgan fingerprint density at radius 1 is 1.12 bits per heavy atom. The molecule has 2 aromatic carbocycles. The molecule has 1 aromatic heterocycles. The molecule has 0 fully saturated rings. The normalized spacial score (nSPS) is 15.5. The van der Waals surface area contributed by atoms with Crippen LogP contribution in [-0.4, -0.2) is 35.4 Å². The van der Waals surface area contributed by atoms with Crippen molar-refractivity contribution in [2.75, 3.05) is 18.4 Å². The molecule has 0 radical (unpaired) electrons. The van der Waals surface area contributed by atoms with E-state index in [1.54, 1.807) is 0 Å². The second-order valence-electron chi connectivity index (χ2n) is 8.52. The summed E-state index contributed by atoms with van der Waals surface area (Å²) in [5.41, 5.74) is 15.6. The first-order chi connectivity index (χ1) is 16.0. The van der Waals surface area contributed by atoms with Gasteiger partial charge >= 0.3 is 0 Å². The maximum atomic E-state index is 13.3. The zero-order valence-corrected chi connectivity index (χ0v) is 18.8. The lowest BCUT2D eigenvalue weighted by molar-refractivity contribution is 0.0926. The summed E-state index contributed by atoms with van der Waals surface area (Å²) in [5, 5.41) is 15.3. The van der Waals surface area contributed by atoms with Crippen LogP contribution in [0.1, 0.15) is 47.3 Å². The Morgan fingerprint density at radius 3 is 2.64 bits per heavy atom. The van der Waals surface area contributed by atoms with Crippen LogP contribution in [0, 0.1) is 5.41 Å². The molecular formula is C26H32N6O. The van der Waals surface area contributed by atoms with Gasteiger partial charge in [0.25, 0.3) is 5.91 Å². The maximum absolute atomic E-state index is 13.3. The van der Waals surface area contributed by atoms with E-state index in [0.29, 0.717) is 24.3 Å². The number of nitrogens with two attached hydrogens (primary N) is 2. The highest BCUT2D eigenvalue weighted by Gasteiger charge is 2.20. The van der Waals surface area contributed by atoms with E-state index in [0.717, 1.165) is 54.4 Å². The van der Waals surface area contributed by atoms with Crippen LogP contribution in [0.15, 0.2) is 60.7 Å². The highest BCUT2D eigenvalue weighted by atomic mass is 16.2. The van der Waals surface area contributed by atoms with E-state index in [-0.39, 0.29) is 17.8 Å². The maximum Gasteiger partial charge on any atom is 0.268 e. The number of fused-ring (bicyclic) bond motifs is 1. The fourth-order valence-electron chi connectivity index (χ4n) is 4.21. The summed E-state index contributed by atoms with van der Waals surface area (Å²) in [6, 6.07) is 16.0. The topological polar surface area (TPSA) is 122 Å². The van der Waals surface area contributed by atoms with Crippen molar-refractivity contribution in [2.45, 2.75) is 38.3 Å². The average Bonchev–Trinajstić information content (AvgIpc) is 3.19. The molecule has 7 N–H and O–H groups in total. The number of carbonyl (C=O) groups excluding carboxylic acids is 1. The molecule has 7 heteroatoms. The predicted molar refractivity (Wildman–Crippen MR) is 135 cm³/mol. The van der Waals surface area contributed by atoms with Gasteiger partial charge in [-0.05, 0) is 62.1 Å². The molecule has 1 atom stereocenters. The van der Waals surface area contributed by atoms with Gasteiger partial charge in [0.05, 0.1) is 0 Å². The van der Waals surface area contributed by atoms with Gasteiger partial charge in [0.1, 0.15) is 11.5 Å². The molecule has 0 spiro atoms. The van der Waals surface area contributed by atoms with Crippen LogP contribution in [-0.2, 0) is 6.54 Å². The predicted octanol–water partition coefficient (Wildman–Crippen LogP) is 3.57. The van der Waals surface area contributed by atoms with Gasteiger partial charge in [-0.25, -0.2) is 0 Å². The summed E-state index contributed by atoms with van der Waals surface area (Å²) < 4.78 is 2.02. The summed E-state index contributed by atoms with van der Waals surface area (Å²) in [4.78, 5) is 13.3. The van der Waals surface area contributed by atoms with Crippen molar-refractivity contribution in [3.05, 3.63) is 77.5 Å². The van der Waals surface area contributed by atoms with Crippen LogP contribution >= 0.6 is 0 Å².